The number of halogens is 1. The molecular formula is C24H27ClN2O3S. The van der Waals surface area contributed by atoms with Crippen LogP contribution in [0, 0.1) is 0 Å². The number of nitrogens with one attached hydrogen (secondary N) is 1. The Morgan fingerprint density at radius 2 is 1.94 bits per heavy atom. The number of thiocarbonyl (C=S) groups is 1. The largest absolute Gasteiger partial charge is 0.493 e. The van der Waals surface area contributed by atoms with Crippen LogP contribution in [-0.4, -0.2) is 36.1 Å². The molecule has 2 aromatic rings. The van der Waals surface area contributed by atoms with E-state index < -0.39 is 6.04 Å². The third-order valence-electron chi connectivity index (χ3n) is 5.20. The highest BCUT2D eigenvalue weighted by atomic mass is 35.5. The van der Waals surface area contributed by atoms with Crippen molar-refractivity contribution in [2.45, 2.75) is 33.2 Å². The van der Waals surface area contributed by atoms with Crippen LogP contribution in [0.15, 0.2) is 53.7 Å². The molecule has 1 heterocycles. The summed E-state index contributed by atoms with van der Waals surface area (Å²) < 4.78 is 11.2. The fourth-order valence-electron chi connectivity index (χ4n) is 3.75. The Labute approximate surface area is 194 Å². The lowest BCUT2D eigenvalue weighted by Gasteiger charge is -2.38. The van der Waals surface area contributed by atoms with Crippen LogP contribution in [0.3, 0.4) is 0 Å². The highest BCUT2D eigenvalue weighted by Crippen LogP contribution is 2.41. The maximum Gasteiger partial charge on any atom is 0.193 e. The molecule has 1 unspecified atom stereocenters. The van der Waals surface area contributed by atoms with Crippen molar-refractivity contribution in [3.05, 3.63) is 69.9 Å². The van der Waals surface area contributed by atoms with Gasteiger partial charge in [0.1, 0.15) is 0 Å². The first-order chi connectivity index (χ1) is 14.9. The van der Waals surface area contributed by atoms with E-state index in [-0.39, 0.29) is 5.78 Å². The number of hydrogen-bond donors (Lipinski definition) is 1. The highest BCUT2D eigenvalue weighted by Gasteiger charge is 2.34. The topological polar surface area (TPSA) is 50.8 Å². The number of Topliss-reactive ketones (excluding diaryl/α,β-unsaturated/α-hetero) is 1. The molecule has 7 heteroatoms. The first kappa shape index (κ1) is 23.1. The van der Waals surface area contributed by atoms with Crippen molar-refractivity contribution >= 4 is 34.7 Å². The molecule has 0 saturated heterocycles. The van der Waals surface area contributed by atoms with Gasteiger partial charge in [-0.25, -0.2) is 0 Å². The van der Waals surface area contributed by atoms with Gasteiger partial charge in [-0.2, -0.15) is 0 Å². The van der Waals surface area contributed by atoms with Crippen molar-refractivity contribution in [2.24, 2.45) is 0 Å². The van der Waals surface area contributed by atoms with E-state index in [1.165, 1.54) is 0 Å². The van der Waals surface area contributed by atoms with Gasteiger partial charge in [0.25, 0.3) is 0 Å². The maximum absolute atomic E-state index is 13.6. The minimum Gasteiger partial charge on any atom is -0.493 e. The summed E-state index contributed by atoms with van der Waals surface area (Å²) in [7, 11) is 1.57. The van der Waals surface area contributed by atoms with Gasteiger partial charge in [-0.05, 0) is 50.2 Å². The van der Waals surface area contributed by atoms with Crippen molar-refractivity contribution < 1.29 is 14.3 Å². The van der Waals surface area contributed by atoms with E-state index in [0.717, 1.165) is 24.2 Å². The molecule has 1 aliphatic rings. The molecule has 0 fully saturated rings. The first-order valence-corrected chi connectivity index (χ1v) is 11.1. The van der Waals surface area contributed by atoms with Crippen LogP contribution in [0.5, 0.6) is 11.5 Å². The molecule has 1 atom stereocenters. The zero-order valence-corrected chi connectivity index (χ0v) is 19.8. The lowest BCUT2D eigenvalue weighted by atomic mass is 9.89. The number of benzene rings is 2. The summed E-state index contributed by atoms with van der Waals surface area (Å²) in [5, 5.41) is 4.35. The lowest BCUT2D eigenvalue weighted by Crippen LogP contribution is -2.47. The zero-order chi connectivity index (χ0) is 22.5. The van der Waals surface area contributed by atoms with Gasteiger partial charge >= 0.3 is 0 Å². The molecule has 0 aromatic heterocycles. The van der Waals surface area contributed by atoms with Crippen LogP contribution in [-0.2, 0) is 0 Å². The van der Waals surface area contributed by atoms with Crippen molar-refractivity contribution in [1.29, 1.82) is 0 Å². The summed E-state index contributed by atoms with van der Waals surface area (Å²) in [6, 6.07) is 12.4. The molecule has 0 spiro atoms. The zero-order valence-electron chi connectivity index (χ0n) is 18.2. The minimum atomic E-state index is -0.463. The van der Waals surface area contributed by atoms with Gasteiger partial charge in [0.2, 0.25) is 0 Å². The van der Waals surface area contributed by atoms with Gasteiger partial charge < -0.3 is 19.7 Å². The predicted molar refractivity (Wildman–Crippen MR) is 128 cm³/mol. The van der Waals surface area contributed by atoms with Gasteiger partial charge in [-0.1, -0.05) is 48.9 Å². The Hall–Kier alpha value is -2.57. The van der Waals surface area contributed by atoms with Crippen molar-refractivity contribution in [3.63, 3.8) is 0 Å². The predicted octanol–water partition coefficient (Wildman–Crippen LogP) is 5.55. The van der Waals surface area contributed by atoms with Crippen molar-refractivity contribution in [2.75, 3.05) is 20.3 Å². The fourth-order valence-corrected chi connectivity index (χ4v) is 4.37. The molecule has 1 aliphatic heterocycles. The maximum atomic E-state index is 13.6. The third kappa shape index (κ3) is 4.70. The monoisotopic (exact) mass is 458 g/mol. The number of carbonyl (C=O) groups excluding carboxylic acids is 1. The van der Waals surface area contributed by atoms with Gasteiger partial charge in [-0.3, -0.25) is 4.79 Å². The van der Waals surface area contributed by atoms with Crippen LogP contribution in [0.1, 0.15) is 49.2 Å². The molecular weight excluding hydrogens is 432 g/mol. The van der Waals surface area contributed by atoms with E-state index in [1.807, 2.05) is 55.1 Å². The SMILES string of the molecule is CCCN1C(=S)NC(c2cc(Cl)c(OCC)c(OC)c2)C(C(=O)c2ccccc2)=C1C. The van der Waals surface area contributed by atoms with Crippen LogP contribution < -0.4 is 14.8 Å². The second kappa shape index (κ2) is 10.2. The normalized spacial score (nSPS) is 16.2. The Kier molecular flexibility index (Phi) is 7.57. The van der Waals surface area contributed by atoms with E-state index in [2.05, 4.69) is 12.2 Å². The molecule has 0 aliphatic carbocycles. The number of methoxy groups -OCH3 is 1. The smallest absolute Gasteiger partial charge is 0.193 e. The summed E-state index contributed by atoms with van der Waals surface area (Å²) in [4.78, 5) is 15.6. The fraction of sp³-hybridized carbons (Fsp3) is 0.333. The first-order valence-electron chi connectivity index (χ1n) is 10.3. The van der Waals surface area contributed by atoms with Crippen LogP contribution in [0.4, 0.5) is 0 Å². The summed E-state index contributed by atoms with van der Waals surface area (Å²) in [6.45, 7) is 7.10. The van der Waals surface area contributed by atoms with Gasteiger partial charge in [0.05, 0.1) is 24.8 Å². The average molecular weight is 459 g/mol. The third-order valence-corrected chi connectivity index (χ3v) is 5.82. The second-order valence-corrected chi connectivity index (χ2v) is 7.99. The molecule has 0 amide bonds. The van der Waals surface area contributed by atoms with Crippen molar-refractivity contribution in [1.82, 2.24) is 10.2 Å². The van der Waals surface area contributed by atoms with Gasteiger partial charge in [0, 0.05) is 23.4 Å². The number of hydrogen-bond acceptors (Lipinski definition) is 4. The van der Waals surface area contributed by atoms with E-state index in [4.69, 9.17) is 33.3 Å². The minimum absolute atomic E-state index is 0.0526. The Morgan fingerprint density at radius 3 is 2.55 bits per heavy atom. The highest BCUT2D eigenvalue weighted by molar-refractivity contribution is 7.80. The van der Waals surface area contributed by atoms with E-state index >= 15 is 0 Å². The van der Waals surface area contributed by atoms with E-state index in [1.54, 1.807) is 13.2 Å². The molecule has 2 aromatic carbocycles. The Balaban J connectivity index is 2.16. The summed E-state index contributed by atoms with van der Waals surface area (Å²) in [5.74, 6) is 0.943. The van der Waals surface area contributed by atoms with Crippen LogP contribution in [0.25, 0.3) is 0 Å². The number of rotatable bonds is 8. The number of ketones is 1. The van der Waals surface area contributed by atoms with Crippen molar-refractivity contribution in [3.8, 4) is 11.5 Å². The lowest BCUT2D eigenvalue weighted by molar-refractivity contribution is 0.102. The van der Waals surface area contributed by atoms with Gasteiger partial charge in [0.15, 0.2) is 22.4 Å². The standard InChI is InChI=1S/C24H27ClN2O3S/c1-5-12-27-15(3)20(22(28)16-10-8-7-9-11-16)21(26-24(27)31)17-13-18(25)23(30-6-2)19(14-17)29-4/h7-11,13-14,21H,5-6,12H2,1-4H3,(H,26,31). The molecule has 0 radical (unpaired) electrons. The van der Waals surface area contributed by atoms with Crippen LogP contribution in [0.2, 0.25) is 5.02 Å². The van der Waals surface area contributed by atoms with Crippen LogP contribution >= 0.6 is 23.8 Å². The number of nitrogens with zero attached hydrogens (tertiary/aromatic N) is 1. The molecule has 0 saturated carbocycles. The van der Waals surface area contributed by atoms with Gasteiger partial charge in [-0.15, -0.1) is 0 Å². The molecule has 5 nitrogen and oxygen atoms in total. The summed E-state index contributed by atoms with van der Waals surface area (Å²) in [5.41, 5.74) is 2.88. The second-order valence-electron chi connectivity index (χ2n) is 7.20. The number of ether oxygens (including phenoxy) is 2. The Bertz CT molecular complexity index is 1010. The molecule has 3 rings (SSSR count). The summed E-state index contributed by atoms with van der Waals surface area (Å²) in [6.07, 6.45) is 0.902. The quantitative estimate of drug-likeness (QED) is 0.413. The molecule has 31 heavy (non-hydrogen) atoms. The number of carbonyl (C=O) groups is 1. The van der Waals surface area contributed by atoms with E-state index in [9.17, 15) is 4.79 Å². The molecule has 1 N–H and O–H groups in total. The average Bonchev–Trinajstić information content (AvgIpc) is 2.77. The van der Waals surface area contributed by atoms with E-state index in [0.29, 0.717) is 39.4 Å². The number of allylic oxidation sites excluding steroid dienone is 1. The molecule has 164 valence electrons. The summed E-state index contributed by atoms with van der Waals surface area (Å²) >= 11 is 12.2. The Morgan fingerprint density at radius 1 is 1.23 bits per heavy atom. The molecule has 0 bridgehead atoms.